The Morgan fingerprint density at radius 3 is 2.80 bits per heavy atom. The van der Waals surface area contributed by atoms with E-state index in [0.717, 1.165) is 36.1 Å². The van der Waals surface area contributed by atoms with Gasteiger partial charge in [0.2, 0.25) is 5.95 Å². The molecule has 0 amide bonds. The minimum absolute atomic E-state index is 0.160. The predicted molar refractivity (Wildman–Crippen MR) is 99.5 cm³/mol. The second-order valence-electron chi connectivity index (χ2n) is 5.99. The van der Waals surface area contributed by atoms with Crippen molar-refractivity contribution in [3.63, 3.8) is 0 Å². The number of rotatable bonds is 3. The molecule has 0 aliphatic heterocycles. The zero-order chi connectivity index (χ0) is 17.4. The minimum atomic E-state index is -0.307. The molecule has 0 bridgehead atoms. The van der Waals surface area contributed by atoms with Crippen LogP contribution in [-0.4, -0.2) is 22.9 Å². The van der Waals surface area contributed by atoms with Crippen molar-refractivity contribution >= 4 is 33.7 Å². The van der Waals surface area contributed by atoms with Crippen LogP contribution in [0.15, 0.2) is 34.2 Å². The first-order chi connectivity index (χ1) is 12.2. The number of aromatic nitrogens is 2. The van der Waals surface area contributed by atoms with Crippen molar-refractivity contribution in [1.29, 1.82) is 0 Å². The lowest BCUT2D eigenvalue weighted by Gasteiger charge is -2.10. The molecule has 0 saturated heterocycles. The van der Waals surface area contributed by atoms with Gasteiger partial charge in [0.15, 0.2) is 0 Å². The normalized spacial score (nSPS) is 14.2. The summed E-state index contributed by atoms with van der Waals surface area (Å²) >= 11 is 1.61. The second kappa shape index (κ2) is 6.40. The van der Waals surface area contributed by atoms with E-state index in [9.17, 15) is 9.18 Å². The van der Waals surface area contributed by atoms with Gasteiger partial charge in [0.25, 0.3) is 5.56 Å². The largest absolute Gasteiger partial charge is 0.357 e. The summed E-state index contributed by atoms with van der Waals surface area (Å²) in [7, 11) is 1.71. The summed E-state index contributed by atoms with van der Waals surface area (Å²) in [5, 5.41) is 7.92. The van der Waals surface area contributed by atoms with Crippen LogP contribution in [0.4, 0.5) is 10.3 Å². The van der Waals surface area contributed by atoms with Crippen molar-refractivity contribution in [3.05, 3.63) is 56.4 Å². The Morgan fingerprint density at radius 1 is 1.28 bits per heavy atom. The molecule has 2 aromatic heterocycles. The van der Waals surface area contributed by atoms with Crippen molar-refractivity contribution in [2.24, 2.45) is 5.10 Å². The lowest BCUT2D eigenvalue weighted by atomic mass is 9.97. The third-order valence-electron chi connectivity index (χ3n) is 4.38. The molecular weight excluding hydrogens is 339 g/mol. The molecular formula is C18H17FN4OS. The number of thiophene rings is 1. The lowest BCUT2D eigenvalue weighted by Crippen LogP contribution is -2.21. The fourth-order valence-electron chi connectivity index (χ4n) is 3.14. The highest BCUT2D eigenvalue weighted by Crippen LogP contribution is 2.34. The van der Waals surface area contributed by atoms with Crippen LogP contribution >= 0.6 is 11.3 Å². The zero-order valence-electron chi connectivity index (χ0n) is 13.8. The summed E-state index contributed by atoms with van der Waals surface area (Å²) in [5.74, 6) is 0.0904. The molecule has 4 rings (SSSR count). The van der Waals surface area contributed by atoms with Crippen LogP contribution in [0.2, 0.25) is 0 Å². The molecule has 0 radical (unpaired) electrons. The Balaban J connectivity index is 1.86. The number of hydrogen-bond donors (Lipinski definition) is 1. The molecule has 0 spiro atoms. The lowest BCUT2D eigenvalue weighted by molar-refractivity contribution is 0.628. The van der Waals surface area contributed by atoms with Gasteiger partial charge in [0.05, 0.1) is 11.6 Å². The van der Waals surface area contributed by atoms with Crippen LogP contribution in [0.3, 0.4) is 0 Å². The highest BCUT2D eigenvalue weighted by Gasteiger charge is 2.21. The van der Waals surface area contributed by atoms with E-state index in [2.05, 4.69) is 15.4 Å². The van der Waals surface area contributed by atoms with Gasteiger partial charge in [-0.2, -0.15) is 9.78 Å². The van der Waals surface area contributed by atoms with Crippen molar-refractivity contribution < 1.29 is 4.39 Å². The maximum absolute atomic E-state index is 13.0. The van der Waals surface area contributed by atoms with E-state index in [1.54, 1.807) is 30.5 Å². The summed E-state index contributed by atoms with van der Waals surface area (Å²) in [5.41, 5.74) is 1.69. The summed E-state index contributed by atoms with van der Waals surface area (Å²) in [6.45, 7) is 0. The Labute approximate surface area is 147 Å². The predicted octanol–water partition coefficient (Wildman–Crippen LogP) is 3.40. The van der Waals surface area contributed by atoms with Crippen molar-refractivity contribution in [2.45, 2.75) is 25.7 Å². The summed E-state index contributed by atoms with van der Waals surface area (Å²) in [6.07, 6.45) is 5.74. The first-order valence-electron chi connectivity index (χ1n) is 8.22. The number of hydrogen-bond acceptors (Lipinski definition) is 5. The molecule has 1 aliphatic rings. The number of nitrogens with one attached hydrogen (secondary N) is 1. The quantitative estimate of drug-likeness (QED) is 0.732. The number of fused-ring (bicyclic) bond motifs is 3. The van der Waals surface area contributed by atoms with Gasteiger partial charge in [-0.15, -0.1) is 11.3 Å². The van der Waals surface area contributed by atoms with E-state index in [-0.39, 0.29) is 11.4 Å². The standard InChI is InChI=1S/C18H17FN4OS/c1-20-18-22-16-15(13-4-2-3-5-14(13)25-16)17(24)23(18)21-10-11-6-8-12(19)9-7-11/h6-10H,2-5H2,1H3,(H,20,22)/b21-10+. The Bertz CT molecular complexity index is 1020. The van der Waals surface area contributed by atoms with Gasteiger partial charge in [-0.3, -0.25) is 4.79 Å². The number of benzene rings is 1. The highest BCUT2D eigenvalue weighted by molar-refractivity contribution is 7.18. The molecule has 0 atom stereocenters. The highest BCUT2D eigenvalue weighted by atomic mass is 32.1. The SMILES string of the molecule is CNc1nc2sc3c(c2c(=O)n1/N=C/c1ccc(F)cc1)CCCC3. The molecule has 25 heavy (non-hydrogen) atoms. The van der Waals surface area contributed by atoms with Gasteiger partial charge in [-0.1, -0.05) is 12.1 Å². The second-order valence-corrected chi connectivity index (χ2v) is 7.07. The topological polar surface area (TPSA) is 59.3 Å². The molecule has 7 heteroatoms. The molecule has 1 N–H and O–H groups in total. The van der Waals surface area contributed by atoms with Crippen LogP contribution in [0.5, 0.6) is 0 Å². The van der Waals surface area contributed by atoms with Crippen LogP contribution in [-0.2, 0) is 12.8 Å². The van der Waals surface area contributed by atoms with Crippen molar-refractivity contribution in [2.75, 3.05) is 12.4 Å². The average molecular weight is 356 g/mol. The zero-order valence-corrected chi connectivity index (χ0v) is 14.6. The van der Waals surface area contributed by atoms with Gasteiger partial charge >= 0.3 is 0 Å². The number of nitrogens with zero attached hydrogens (tertiary/aromatic N) is 3. The summed E-state index contributed by atoms with van der Waals surface area (Å²) in [6, 6.07) is 5.95. The molecule has 2 heterocycles. The summed E-state index contributed by atoms with van der Waals surface area (Å²) < 4.78 is 14.3. The van der Waals surface area contributed by atoms with Gasteiger partial charge in [-0.05, 0) is 48.9 Å². The van der Waals surface area contributed by atoms with Crippen molar-refractivity contribution in [3.8, 4) is 0 Å². The number of aryl methyl sites for hydroxylation is 2. The molecule has 1 aliphatic carbocycles. The number of halogens is 1. The third-order valence-corrected chi connectivity index (χ3v) is 5.57. The van der Waals surface area contributed by atoms with E-state index < -0.39 is 0 Å². The smallest absolute Gasteiger partial charge is 0.284 e. The molecule has 0 unspecified atom stereocenters. The van der Waals surface area contributed by atoms with Gasteiger partial charge in [-0.25, -0.2) is 9.37 Å². The van der Waals surface area contributed by atoms with Crippen molar-refractivity contribution in [1.82, 2.24) is 9.66 Å². The van der Waals surface area contributed by atoms with E-state index >= 15 is 0 Å². The first-order valence-corrected chi connectivity index (χ1v) is 9.04. The average Bonchev–Trinajstić information content (AvgIpc) is 3.00. The minimum Gasteiger partial charge on any atom is -0.357 e. The molecule has 3 aromatic rings. The monoisotopic (exact) mass is 356 g/mol. The van der Waals surface area contributed by atoms with E-state index in [4.69, 9.17) is 0 Å². The van der Waals surface area contributed by atoms with Gasteiger partial charge in [0.1, 0.15) is 10.6 Å². The Kier molecular flexibility index (Phi) is 4.09. The first kappa shape index (κ1) is 16.0. The molecule has 128 valence electrons. The fourth-order valence-corrected chi connectivity index (χ4v) is 4.39. The van der Waals surface area contributed by atoms with E-state index in [1.807, 2.05) is 0 Å². The van der Waals surface area contributed by atoms with Crippen LogP contribution in [0, 0.1) is 5.82 Å². The molecule has 5 nitrogen and oxygen atoms in total. The molecule has 0 saturated carbocycles. The van der Waals surface area contributed by atoms with E-state index in [0.29, 0.717) is 16.9 Å². The maximum Gasteiger partial charge on any atom is 0.284 e. The third kappa shape index (κ3) is 2.84. The number of anilines is 1. The van der Waals surface area contributed by atoms with Gasteiger partial charge in [0, 0.05) is 11.9 Å². The Hall–Kier alpha value is -2.54. The Morgan fingerprint density at radius 2 is 2.04 bits per heavy atom. The fraction of sp³-hybridized carbons (Fsp3) is 0.278. The molecule has 1 aromatic carbocycles. The molecule has 0 fully saturated rings. The summed E-state index contributed by atoms with van der Waals surface area (Å²) in [4.78, 5) is 19.7. The maximum atomic E-state index is 13.0. The van der Waals surface area contributed by atoms with E-state index in [1.165, 1.54) is 27.9 Å². The van der Waals surface area contributed by atoms with Crippen LogP contribution in [0.25, 0.3) is 10.2 Å². The van der Waals surface area contributed by atoms with Crippen LogP contribution in [0.1, 0.15) is 28.8 Å². The van der Waals surface area contributed by atoms with Gasteiger partial charge < -0.3 is 5.32 Å². The van der Waals surface area contributed by atoms with Crippen LogP contribution < -0.4 is 10.9 Å².